The van der Waals surface area contributed by atoms with E-state index in [4.69, 9.17) is 4.74 Å². The number of aryl methyl sites for hydroxylation is 1. The Kier molecular flexibility index (Phi) is 4.54. The predicted molar refractivity (Wildman–Crippen MR) is 81.3 cm³/mol. The van der Waals surface area contributed by atoms with E-state index in [0.29, 0.717) is 18.4 Å². The minimum atomic E-state index is -0.315. The lowest BCUT2D eigenvalue weighted by molar-refractivity contribution is 0.304. The van der Waals surface area contributed by atoms with Gasteiger partial charge >= 0.3 is 0 Å². The Morgan fingerprint density at radius 2 is 2.15 bits per heavy atom. The van der Waals surface area contributed by atoms with Gasteiger partial charge in [0.15, 0.2) is 0 Å². The number of hydrogen-bond acceptors (Lipinski definition) is 6. The van der Waals surface area contributed by atoms with Gasteiger partial charge in [0.2, 0.25) is 11.8 Å². The van der Waals surface area contributed by atoms with Crippen molar-refractivity contribution in [1.29, 1.82) is 0 Å². The van der Waals surface area contributed by atoms with E-state index in [-0.39, 0.29) is 5.54 Å². The van der Waals surface area contributed by atoms with E-state index in [2.05, 4.69) is 41.0 Å². The van der Waals surface area contributed by atoms with Gasteiger partial charge in [-0.05, 0) is 27.2 Å². The summed E-state index contributed by atoms with van der Waals surface area (Å²) in [7, 11) is 0. The summed E-state index contributed by atoms with van der Waals surface area (Å²) >= 11 is 1.61. The number of nitrogens with zero attached hydrogens (tertiary/aromatic N) is 3. The van der Waals surface area contributed by atoms with E-state index < -0.39 is 0 Å². The minimum absolute atomic E-state index is 0.315. The van der Waals surface area contributed by atoms with Crippen LogP contribution in [-0.4, -0.2) is 21.6 Å². The first-order valence-electron chi connectivity index (χ1n) is 6.68. The zero-order valence-corrected chi connectivity index (χ0v) is 13.1. The number of nitrogens with one attached hydrogen (secondary N) is 1. The van der Waals surface area contributed by atoms with Crippen LogP contribution in [0.5, 0.6) is 5.88 Å². The molecule has 0 radical (unpaired) electrons. The molecule has 0 atom stereocenters. The van der Waals surface area contributed by atoms with Crippen LogP contribution in [-0.2, 0) is 5.54 Å². The highest BCUT2D eigenvalue weighted by molar-refractivity contribution is 7.09. The number of anilines is 1. The lowest BCUT2D eigenvalue weighted by Gasteiger charge is -2.24. The average Bonchev–Trinajstić information content (AvgIpc) is 2.89. The van der Waals surface area contributed by atoms with E-state index >= 15 is 0 Å². The SMILES string of the molecule is CCCOc1cc(C)nc(NC(C)(C)c2nccs2)n1. The third kappa shape index (κ3) is 3.66. The van der Waals surface area contributed by atoms with E-state index in [1.165, 1.54) is 0 Å². The number of thiazole rings is 1. The fourth-order valence-electron chi connectivity index (χ4n) is 1.74. The Hall–Kier alpha value is -1.69. The van der Waals surface area contributed by atoms with Crippen molar-refractivity contribution in [3.8, 4) is 5.88 Å². The van der Waals surface area contributed by atoms with Crippen molar-refractivity contribution in [2.45, 2.75) is 39.7 Å². The Balaban J connectivity index is 2.18. The van der Waals surface area contributed by atoms with Crippen LogP contribution in [0.15, 0.2) is 17.6 Å². The molecule has 0 aliphatic heterocycles. The molecule has 2 aromatic heterocycles. The average molecular weight is 292 g/mol. The zero-order valence-electron chi connectivity index (χ0n) is 12.3. The maximum atomic E-state index is 5.58. The van der Waals surface area contributed by atoms with E-state index in [9.17, 15) is 0 Å². The summed E-state index contributed by atoms with van der Waals surface area (Å²) in [6, 6.07) is 1.84. The van der Waals surface area contributed by atoms with Gasteiger partial charge in [-0.3, -0.25) is 0 Å². The highest BCUT2D eigenvalue weighted by Crippen LogP contribution is 2.26. The Bertz CT molecular complexity index is 554. The molecule has 2 rings (SSSR count). The normalized spacial score (nSPS) is 11.4. The lowest BCUT2D eigenvalue weighted by Crippen LogP contribution is -2.29. The van der Waals surface area contributed by atoms with Crippen LogP contribution in [0.25, 0.3) is 0 Å². The molecule has 0 aliphatic rings. The van der Waals surface area contributed by atoms with Crippen LogP contribution < -0.4 is 10.1 Å². The summed E-state index contributed by atoms with van der Waals surface area (Å²) in [6.07, 6.45) is 2.76. The molecule has 0 bridgehead atoms. The highest BCUT2D eigenvalue weighted by Gasteiger charge is 2.24. The standard InChI is InChI=1S/C14H20N4OS/c1-5-7-19-11-9-10(2)16-13(17-11)18-14(3,4)12-15-6-8-20-12/h6,8-9H,5,7H2,1-4H3,(H,16,17,18). The van der Waals surface area contributed by atoms with E-state index in [0.717, 1.165) is 17.1 Å². The summed E-state index contributed by atoms with van der Waals surface area (Å²) in [5.74, 6) is 1.17. The largest absolute Gasteiger partial charge is 0.478 e. The number of rotatable bonds is 6. The van der Waals surface area contributed by atoms with Gasteiger partial charge in [-0.1, -0.05) is 6.92 Å². The van der Waals surface area contributed by atoms with Crippen LogP contribution in [0, 0.1) is 6.92 Å². The third-order valence-corrected chi connectivity index (χ3v) is 3.77. The fraction of sp³-hybridized carbons (Fsp3) is 0.500. The van der Waals surface area contributed by atoms with Crippen LogP contribution in [0.2, 0.25) is 0 Å². The molecule has 2 aromatic rings. The zero-order chi connectivity index (χ0) is 14.6. The molecule has 0 amide bonds. The maximum absolute atomic E-state index is 5.58. The minimum Gasteiger partial charge on any atom is -0.478 e. The molecule has 0 saturated carbocycles. The van der Waals surface area contributed by atoms with Crippen molar-refractivity contribution in [3.05, 3.63) is 28.3 Å². The van der Waals surface area contributed by atoms with Crippen molar-refractivity contribution in [1.82, 2.24) is 15.0 Å². The molecular weight excluding hydrogens is 272 g/mol. The van der Waals surface area contributed by atoms with Crippen LogP contribution >= 0.6 is 11.3 Å². The Morgan fingerprint density at radius 1 is 1.35 bits per heavy atom. The smallest absolute Gasteiger partial charge is 0.226 e. The van der Waals surface area contributed by atoms with Gasteiger partial charge in [-0.25, -0.2) is 9.97 Å². The monoisotopic (exact) mass is 292 g/mol. The molecular formula is C14H20N4OS. The molecule has 20 heavy (non-hydrogen) atoms. The highest BCUT2D eigenvalue weighted by atomic mass is 32.1. The topological polar surface area (TPSA) is 59.9 Å². The summed E-state index contributed by atoms with van der Waals surface area (Å²) in [5, 5.41) is 6.29. The van der Waals surface area contributed by atoms with Crippen LogP contribution in [0.3, 0.4) is 0 Å². The van der Waals surface area contributed by atoms with Gasteiger partial charge in [0.1, 0.15) is 5.01 Å². The number of aromatic nitrogens is 3. The molecule has 0 unspecified atom stereocenters. The Labute approximate surface area is 123 Å². The second kappa shape index (κ2) is 6.17. The summed E-state index contributed by atoms with van der Waals surface area (Å²) in [6.45, 7) is 8.78. The molecule has 2 heterocycles. The van der Waals surface area contributed by atoms with Gasteiger partial charge < -0.3 is 10.1 Å². The van der Waals surface area contributed by atoms with Crippen molar-refractivity contribution in [3.63, 3.8) is 0 Å². The van der Waals surface area contributed by atoms with Crippen LogP contribution in [0.1, 0.15) is 37.9 Å². The lowest BCUT2D eigenvalue weighted by atomic mass is 10.1. The third-order valence-electron chi connectivity index (χ3n) is 2.68. The quantitative estimate of drug-likeness (QED) is 0.884. The molecule has 0 aromatic carbocycles. The van der Waals surface area contributed by atoms with Gasteiger partial charge in [0, 0.05) is 23.3 Å². The van der Waals surface area contributed by atoms with E-state index in [1.807, 2.05) is 18.4 Å². The maximum Gasteiger partial charge on any atom is 0.226 e. The molecule has 108 valence electrons. The first-order valence-corrected chi connectivity index (χ1v) is 7.56. The fourth-order valence-corrected chi connectivity index (χ4v) is 2.46. The summed E-state index contributed by atoms with van der Waals surface area (Å²) in [4.78, 5) is 13.2. The van der Waals surface area contributed by atoms with Gasteiger partial charge in [-0.15, -0.1) is 11.3 Å². The van der Waals surface area contributed by atoms with Gasteiger partial charge in [-0.2, -0.15) is 4.98 Å². The first-order chi connectivity index (χ1) is 9.51. The molecule has 1 N–H and O–H groups in total. The van der Waals surface area contributed by atoms with Crippen molar-refractivity contribution >= 4 is 17.3 Å². The van der Waals surface area contributed by atoms with Crippen molar-refractivity contribution < 1.29 is 4.74 Å². The second-order valence-electron chi connectivity index (χ2n) is 5.11. The summed E-state index contributed by atoms with van der Waals surface area (Å²) < 4.78 is 5.58. The predicted octanol–water partition coefficient (Wildman–Crippen LogP) is 3.38. The number of hydrogen-bond donors (Lipinski definition) is 1. The first kappa shape index (κ1) is 14.7. The van der Waals surface area contributed by atoms with E-state index in [1.54, 1.807) is 17.5 Å². The molecule has 0 fully saturated rings. The van der Waals surface area contributed by atoms with Gasteiger partial charge in [0.05, 0.1) is 12.1 Å². The van der Waals surface area contributed by atoms with Crippen LogP contribution in [0.4, 0.5) is 5.95 Å². The molecule has 6 heteroatoms. The second-order valence-corrected chi connectivity index (χ2v) is 6.00. The molecule has 0 spiro atoms. The Morgan fingerprint density at radius 3 is 2.80 bits per heavy atom. The molecule has 0 aliphatic carbocycles. The van der Waals surface area contributed by atoms with Crippen molar-refractivity contribution in [2.24, 2.45) is 0 Å². The van der Waals surface area contributed by atoms with Gasteiger partial charge in [0.25, 0.3) is 0 Å². The van der Waals surface area contributed by atoms with Crippen molar-refractivity contribution in [2.75, 3.05) is 11.9 Å². The number of ether oxygens (including phenoxy) is 1. The molecule has 0 saturated heterocycles. The summed E-state index contributed by atoms with van der Waals surface area (Å²) in [5.41, 5.74) is 0.563. The molecule has 5 nitrogen and oxygen atoms in total.